The Morgan fingerprint density at radius 2 is 1.65 bits per heavy atom. The Balaban J connectivity index is 0.00000338. The van der Waals surface area contributed by atoms with Crippen LogP contribution in [0.5, 0.6) is 0 Å². The molecule has 4 nitrogen and oxygen atoms in total. The van der Waals surface area contributed by atoms with Gasteiger partial charge in [-0.2, -0.15) is 0 Å². The van der Waals surface area contributed by atoms with Gasteiger partial charge in [0.15, 0.2) is 5.96 Å². The molecule has 0 aliphatic carbocycles. The third kappa shape index (κ3) is 9.20. The fourth-order valence-corrected chi connectivity index (χ4v) is 2.33. The van der Waals surface area contributed by atoms with Crippen LogP contribution < -0.4 is 11.1 Å². The smallest absolute Gasteiger partial charge is 0.188 e. The lowest BCUT2D eigenvalue weighted by molar-refractivity contribution is -0.0149. The van der Waals surface area contributed by atoms with Crippen LogP contribution in [0.2, 0.25) is 0 Å². The van der Waals surface area contributed by atoms with Crippen molar-refractivity contribution in [2.24, 2.45) is 10.7 Å². The predicted octanol–water partition coefficient (Wildman–Crippen LogP) is 4.27. The quantitative estimate of drug-likeness (QED) is 0.363. The first-order chi connectivity index (χ1) is 11.9. The van der Waals surface area contributed by atoms with Crippen LogP contribution in [0.25, 0.3) is 0 Å². The van der Waals surface area contributed by atoms with E-state index in [2.05, 4.69) is 61.4 Å². The van der Waals surface area contributed by atoms with Crippen molar-refractivity contribution < 1.29 is 4.74 Å². The lowest BCUT2D eigenvalue weighted by atomic mass is 10.1. The summed E-state index contributed by atoms with van der Waals surface area (Å²) in [5.41, 5.74) is 9.38. The minimum atomic E-state index is -0.138. The first-order valence-electron chi connectivity index (χ1n) is 8.72. The normalized spacial score (nSPS) is 11.7. The zero-order chi connectivity index (χ0) is 18.1. The van der Waals surface area contributed by atoms with Gasteiger partial charge in [-0.1, -0.05) is 54.6 Å². The molecule has 0 aromatic heterocycles. The van der Waals surface area contributed by atoms with E-state index in [-0.39, 0.29) is 29.6 Å². The highest BCUT2D eigenvalue weighted by Gasteiger charge is 2.10. The van der Waals surface area contributed by atoms with Gasteiger partial charge in [0, 0.05) is 6.54 Å². The van der Waals surface area contributed by atoms with E-state index in [0.717, 1.165) is 24.1 Å². The van der Waals surface area contributed by atoms with Gasteiger partial charge in [-0.05, 0) is 43.9 Å². The summed E-state index contributed by atoms with van der Waals surface area (Å²) in [6.07, 6.45) is 0.927. The van der Waals surface area contributed by atoms with Crippen LogP contribution in [-0.2, 0) is 24.3 Å². The summed E-state index contributed by atoms with van der Waals surface area (Å²) in [5.74, 6) is 0.479. The lowest BCUT2D eigenvalue weighted by Gasteiger charge is -2.19. The van der Waals surface area contributed by atoms with Gasteiger partial charge >= 0.3 is 0 Å². The molecule has 0 saturated carbocycles. The van der Waals surface area contributed by atoms with Crippen LogP contribution >= 0.6 is 24.0 Å². The second kappa shape index (κ2) is 11.2. The number of guanidine groups is 1. The molecule has 0 radical (unpaired) electrons. The van der Waals surface area contributed by atoms with E-state index in [1.165, 1.54) is 5.56 Å². The van der Waals surface area contributed by atoms with E-state index in [1.54, 1.807) is 0 Å². The van der Waals surface area contributed by atoms with Gasteiger partial charge in [0.1, 0.15) is 0 Å². The molecule has 0 heterocycles. The standard InChI is InChI=1S/C21H29N3O.HI/c1-21(2,3)25-16-19-11-7-10-18(14-19)15-24-20(22)23-13-12-17-8-5-4-6-9-17;/h4-11,14H,12-13,15-16H2,1-3H3,(H3,22,23,24);1H. The Bertz CT molecular complexity index is 681. The van der Waals surface area contributed by atoms with Crippen molar-refractivity contribution in [3.05, 3.63) is 71.3 Å². The molecule has 0 fully saturated rings. The fraction of sp³-hybridized carbons (Fsp3) is 0.381. The maximum Gasteiger partial charge on any atom is 0.188 e. The van der Waals surface area contributed by atoms with Crippen molar-refractivity contribution in [2.75, 3.05) is 6.54 Å². The summed E-state index contributed by atoms with van der Waals surface area (Å²) in [6.45, 7) is 8.12. The van der Waals surface area contributed by atoms with E-state index in [4.69, 9.17) is 10.5 Å². The molecule has 0 atom stereocenters. The van der Waals surface area contributed by atoms with Crippen molar-refractivity contribution in [1.29, 1.82) is 0 Å². The van der Waals surface area contributed by atoms with Gasteiger partial charge in [-0.25, -0.2) is 4.99 Å². The molecule has 0 aliphatic rings. The number of benzene rings is 2. The summed E-state index contributed by atoms with van der Waals surface area (Å²) >= 11 is 0. The van der Waals surface area contributed by atoms with Crippen LogP contribution in [0.1, 0.15) is 37.5 Å². The summed E-state index contributed by atoms with van der Waals surface area (Å²) in [5, 5.41) is 3.16. The number of hydrogen-bond acceptors (Lipinski definition) is 2. The lowest BCUT2D eigenvalue weighted by Crippen LogP contribution is -2.33. The van der Waals surface area contributed by atoms with Gasteiger partial charge < -0.3 is 15.8 Å². The largest absolute Gasteiger partial charge is 0.371 e. The van der Waals surface area contributed by atoms with Gasteiger partial charge in [0.25, 0.3) is 0 Å². The Hall–Kier alpha value is -1.60. The Morgan fingerprint density at radius 1 is 1.00 bits per heavy atom. The molecule has 2 rings (SSSR count). The van der Waals surface area contributed by atoms with E-state index in [0.29, 0.717) is 19.1 Å². The minimum absolute atomic E-state index is 0. The molecule has 0 amide bonds. The summed E-state index contributed by atoms with van der Waals surface area (Å²) < 4.78 is 5.82. The summed E-state index contributed by atoms with van der Waals surface area (Å²) in [7, 11) is 0. The van der Waals surface area contributed by atoms with Crippen LogP contribution in [-0.4, -0.2) is 18.1 Å². The minimum Gasteiger partial charge on any atom is -0.371 e. The molecule has 0 spiro atoms. The van der Waals surface area contributed by atoms with Gasteiger partial charge in [-0.15, -0.1) is 24.0 Å². The molecule has 0 saturated heterocycles. The second-order valence-corrected chi connectivity index (χ2v) is 7.08. The molecule has 0 bridgehead atoms. The van der Waals surface area contributed by atoms with E-state index in [9.17, 15) is 0 Å². The number of rotatable bonds is 7. The highest BCUT2D eigenvalue weighted by atomic mass is 127. The average molecular weight is 467 g/mol. The molecule has 0 aliphatic heterocycles. The Labute approximate surface area is 174 Å². The van der Waals surface area contributed by atoms with Crippen LogP contribution in [0.4, 0.5) is 0 Å². The Kier molecular flexibility index (Phi) is 9.65. The highest BCUT2D eigenvalue weighted by Crippen LogP contribution is 2.13. The van der Waals surface area contributed by atoms with Crippen molar-refractivity contribution in [2.45, 2.75) is 45.9 Å². The van der Waals surface area contributed by atoms with Crippen molar-refractivity contribution in [3.8, 4) is 0 Å². The third-order valence-corrected chi connectivity index (χ3v) is 3.66. The molecule has 2 aromatic rings. The molecular formula is C21H30IN3O. The molecule has 142 valence electrons. The topological polar surface area (TPSA) is 59.6 Å². The van der Waals surface area contributed by atoms with Crippen LogP contribution in [0.15, 0.2) is 59.6 Å². The predicted molar refractivity (Wildman–Crippen MR) is 120 cm³/mol. The molecule has 2 aromatic carbocycles. The third-order valence-electron chi connectivity index (χ3n) is 3.66. The second-order valence-electron chi connectivity index (χ2n) is 7.08. The Morgan fingerprint density at radius 3 is 2.35 bits per heavy atom. The molecule has 5 heteroatoms. The number of nitrogens with two attached hydrogens (primary N) is 1. The zero-order valence-corrected chi connectivity index (χ0v) is 18.2. The first kappa shape index (κ1) is 22.4. The van der Waals surface area contributed by atoms with Crippen LogP contribution in [0, 0.1) is 0 Å². The van der Waals surface area contributed by atoms with Crippen molar-refractivity contribution >= 4 is 29.9 Å². The molecule has 0 unspecified atom stereocenters. The highest BCUT2D eigenvalue weighted by molar-refractivity contribution is 14.0. The number of ether oxygens (including phenoxy) is 1. The zero-order valence-electron chi connectivity index (χ0n) is 15.9. The SMILES string of the molecule is CC(C)(C)OCc1cccc(CN=C(N)NCCc2ccccc2)c1.I. The number of aliphatic imine (C=N–C) groups is 1. The number of hydrogen-bond donors (Lipinski definition) is 2. The molecule has 26 heavy (non-hydrogen) atoms. The van der Waals surface area contributed by atoms with E-state index in [1.807, 2.05) is 24.3 Å². The number of nitrogens with one attached hydrogen (secondary N) is 1. The maximum absolute atomic E-state index is 5.95. The fourth-order valence-electron chi connectivity index (χ4n) is 2.33. The van der Waals surface area contributed by atoms with Gasteiger partial charge in [0.05, 0.1) is 18.8 Å². The van der Waals surface area contributed by atoms with E-state index >= 15 is 0 Å². The monoisotopic (exact) mass is 467 g/mol. The first-order valence-corrected chi connectivity index (χ1v) is 8.72. The van der Waals surface area contributed by atoms with Crippen molar-refractivity contribution in [3.63, 3.8) is 0 Å². The van der Waals surface area contributed by atoms with E-state index < -0.39 is 0 Å². The van der Waals surface area contributed by atoms with Crippen molar-refractivity contribution in [1.82, 2.24) is 5.32 Å². The van der Waals surface area contributed by atoms with Crippen LogP contribution in [0.3, 0.4) is 0 Å². The summed E-state index contributed by atoms with van der Waals surface area (Å²) in [4.78, 5) is 4.42. The van der Waals surface area contributed by atoms with Gasteiger partial charge in [0.2, 0.25) is 0 Å². The average Bonchev–Trinajstić information content (AvgIpc) is 2.59. The van der Waals surface area contributed by atoms with Gasteiger partial charge in [-0.3, -0.25) is 0 Å². The number of halogens is 1. The molecule has 3 N–H and O–H groups in total. The number of nitrogens with zero attached hydrogens (tertiary/aromatic N) is 1. The summed E-state index contributed by atoms with van der Waals surface area (Å²) in [6, 6.07) is 18.6. The maximum atomic E-state index is 5.95. The molecular weight excluding hydrogens is 437 g/mol.